The molecule has 1 aliphatic rings. The van der Waals surface area contributed by atoms with Crippen LogP contribution >= 0.6 is 0 Å². The van der Waals surface area contributed by atoms with Crippen LogP contribution in [0.4, 0.5) is 0 Å². The lowest BCUT2D eigenvalue weighted by atomic mass is 10.1. The van der Waals surface area contributed by atoms with Gasteiger partial charge in [0.15, 0.2) is 0 Å². The fraction of sp³-hybridized carbons (Fsp3) is 0.414. The van der Waals surface area contributed by atoms with Crippen LogP contribution in [0.15, 0.2) is 53.2 Å². The Labute approximate surface area is 202 Å². The average Bonchev–Trinajstić information content (AvgIpc) is 3.56. The first-order valence-corrected chi connectivity index (χ1v) is 12.7. The molecule has 5 heteroatoms. The lowest BCUT2D eigenvalue weighted by molar-refractivity contribution is 0.414. The molecule has 5 nitrogen and oxygen atoms in total. The Hall–Kier alpha value is -3.21. The summed E-state index contributed by atoms with van der Waals surface area (Å²) in [6.45, 7) is 2.27. The molecule has 4 rings (SSSR count). The van der Waals surface area contributed by atoms with Crippen molar-refractivity contribution in [1.82, 2.24) is 9.97 Å². The van der Waals surface area contributed by atoms with Gasteiger partial charge in [0, 0.05) is 22.7 Å². The van der Waals surface area contributed by atoms with E-state index in [0.29, 0.717) is 0 Å². The van der Waals surface area contributed by atoms with Crippen molar-refractivity contribution in [3.05, 3.63) is 53.9 Å². The van der Waals surface area contributed by atoms with Crippen LogP contribution in [0, 0.1) is 0 Å². The van der Waals surface area contributed by atoms with Crippen molar-refractivity contribution in [1.29, 1.82) is 0 Å². The highest BCUT2D eigenvalue weighted by Crippen LogP contribution is 2.32. The molecule has 3 heterocycles. The number of methoxy groups -OCH3 is 1. The van der Waals surface area contributed by atoms with Crippen LogP contribution in [-0.4, -0.2) is 27.9 Å². The minimum atomic E-state index is 0.261. The number of unbranched alkanes of at least 4 members (excludes halogenated alkanes) is 8. The van der Waals surface area contributed by atoms with Gasteiger partial charge in [-0.05, 0) is 55.3 Å². The molecule has 2 aromatic heterocycles. The third kappa shape index (κ3) is 6.22. The molecule has 0 amide bonds. The van der Waals surface area contributed by atoms with E-state index in [1.165, 1.54) is 57.8 Å². The third-order valence-electron chi connectivity index (χ3n) is 6.47. The molecule has 34 heavy (non-hydrogen) atoms. The molecule has 0 spiro atoms. The summed E-state index contributed by atoms with van der Waals surface area (Å²) < 4.78 is 5.61. The highest BCUT2D eigenvalue weighted by molar-refractivity contribution is 5.99. The van der Waals surface area contributed by atoms with E-state index < -0.39 is 0 Å². The van der Waals surface area contributed by atoms with Gasteiger partial charge in [-0.3, -0.25) is 4.99 Å². The molecule has 0 saturated carbocycles. The Balaban J connectivity index is 1.33. The summed E-state index contributed by atoms with van der Waals surface area (Å²) >= 11 is 0. The number of hydrogen-bond acceptors (Lipinski definition) is 3. The number of ether oxygens (including phenoxy) is 1. The maximum atomic E-state index is 9.74. The van der Waals surface area contributed by atoms with E-state index in [1.807, 2.05) is 24.3 Å². The topological polar surface area (TPSA) is 73.4 Å². The summed E-state index contributed by atoms with van der Waals surface area (Å²) in [5.41, 5.74) is 5.85. The Morgan fingerprint density at radius 2 is 1.62 bits per heavy atom. The summed E-state index contributed by atoms with van der Waals surface area (Å²) in [7, 11) is 1.68. The van der Waals surface area contributed by atoms with Crippen molar-refractivity contribution in [2.45, 2.75) is 71.1 Å². The zero-order valence-corrected chi connectivity index (χ0v) is 20.5. The third-order valence-corrected chi connectivity index (χ3v) is 6.47. The normalized spacial score (nSPS) is 14.4. The second-order valence-electron chi connectivity index (χ2n) is 9.20. The first-order chi connectivity index (χ1) is 16.7. The van der Waals surface area contributed by atoms with Crippen LogP contribution in [-0.2, 0) is 0 Å². The Kier molecular flexibility index (Phi) is 8.29. The Bertz CT molecular complexity index is 1180. The fourth-order valence-electron chi connectivity index (χ4n) is 4.54. The lowest BCUT2D eigenvalue weighted by Crippen LogP contribution is -1.90. The summed E-state index contributed by atoms with van der Waals surface area (Å²) in [5.74, 6) is 1.04. The Morgan fingerprint density at radius 1 is 0.882 bits per heavy atom. The number of fused-ring (bicyclic) bond motifs is 1. The molecule has 0 unspecified atom stereocenters. The van der Waals surface area contributed by atoms with Crippen LogP contribution in [0.5, 0.6) is 11.5 Å². The fourth-order valence-corrected chi connectivity index (χ4v) is 4.54. The van der Waals surface area contributed by atoms with Crippen LogP contribution in [0.3, 0.4) is 0 Å². The van der Waals surface area contributed by atoms with E-state index in [9.17, 15) is 5.11 Å². The predicted octanol–water partition coefficient (Wildman–Crippen LogP) is 8.15. The molecule has 3 N–H and O–H groups in total. The van der Waals surface area contributed by atoms with Gasteiger partial charge in [-0.15, -0.1) is 0 Å². The number of H-pyrrole nitrogens is 2. The molecular weight excluding hydrogens is 422 g/mol. The zero-order chi connectivity index (χ0) is 23.8. The highest BCUT2D eigenvalue weighted by Gasteiger charge is 2.13. The van der Waals surface area contributed by atoms with Crippen molar-refractivity contribution in [2.24, 2.45) is 4.99 Å². The van der Waals surface area contributed by atoms with Gasteiger partial charge in [0.25, 0.3) is 0 Å². The number of benzene rings is 1. The van der Waals surface area contributed by atoms with E-state index in [1.54, 1.807) is 19.2 Å². The van der Waals surface area contributed by atoms with Crippen LogP contribution in [0.1, 0.15) is 76.8 Å². The lowest BCUT2D eigenvalue weighted by Gasteiger charge is -2.02. The monoisotopic (exact) mass is 459 g/mol. The number of aromatic amines is 2. The number of nitrogens with one attached hydrogen (secondary N) is 2. The van der Waals surface area contributed by atoms with Crippen LogP contribution < -0.4 is 4.74 Å². The molecule has 0 saturated heterocycles. The van der Waals surface area contributed by atoms with E-state index >= 15 is 0 Å². The highest BCUT2D eigenvalue weighted by atomic mass is 16.5. The van der Waals surface area contributed by atoms with E-state index in [-0.39, 0.29) is 5.75 Å². The van der Waals surface area contributed by atoms with Crippen molar-refractivity contribution < 1.29 is 9.84 Å². The second kappa shape index (κ2) is 11.8. The van der Waals surface area contributed by atoms with Gasteiger partial charge in [-0.25, -0.2) is 0 Å². The van der Waals surface area contributed by atoms with Gasteiger partial charge < -0.3 is 19.8 Å². The van der Waals surface area contributed by atoms with Crippen LogP contribution in [0.2, 0.25) is 0 Å². The molecular formula is C29H37N3O2. The molecule has 0 aliphatic carbocycles. The van der Waals surface area contributed by atoms with E-state index in [0.717, 1.165) is 51.6 Å². The maximum absolute atomic E-state index is 9.74. The van der Waals surface area contributed by atoms with Gasteiger partial charge in [-0.1, -0.05) is 58.3 Å². The molecule has 0 radical (unpaired) electrons. The maximum Gasteiger partial charge on any atom is 0.144 e. The Morgan fingerprint density at radius 3 is 2.38 bits per heavy atom. The number of phenols is 1. The van der Waals surface area contributed by atoms with Gasteiger partial charge in [0.05, 0.1) is 29.9 Å². The molecule has 1 aromatic carbocycles. The minimum Gasteiger partial charge on any atom is -0.508 e. The smallest absolute Gasteiger partial charge is 0.144 e. The molecule has 0 atom stereocenters. The number of allylic oxidation sites excluding steroid dienone is 2. The number of hydrogen-bond donors (Lipinski definition) is 3. The van der Waals surface area contributed by atoms with Crippen molar-refractivity contribution >= 4 is 22.7 Å². The number of aromatic nitrogens is 2. The number of aliphatic imine (C=N–C) groups is 1. The van der Waals surface area contributed by atoms with Crippen LogP contribution in [0.25, 0.3) is 28.4 Å². The SMILES string of the molecule is CCCCCCCCCCCC1=NC(=Cc2[nH]c(-c3cc4cc(O)ccc4[nH]3)cc2OC)C=C1. The van der Waals surface area contributed by atoms with Gasteiger partial charge in [0.1, 0.15) is 11.5 Å². The first-order valence-electron chi connectivity index (χ1n) is 12.7. The number of rotatable bonds is 13. The zero-order valence-electron chi connectivity index (χ0n) is 20.5. The minimum absolute atomic E-state index is 0.261. The van der Waals surface area contributed by atoms with E-state index in [4.69, 9.17) is 9.73 Å². The van der Waals surface area contributed by atoms with Crippen molar-refractivity contribution in [2.75, 3.05) is 7.11 Å². The molecule has 3 aromatic rings. The first kappa shape index (κ1) is 23.9. The predicted molar refractivity (Wildman–Crippen MR) is 143 cm³/mol. The standard InChI is InChI=1S/C29H37N3O2/c1-3-4-5-6-7-8-9-10-11-12-22-13-14-23(30-22)19-28-29(34-2)20-27(32-28)26-18-21-17-24(33)15-16-25(21)31-26/h13-20,31-33H,3-12H2,1-2H3. The number of nitrogens with zero attached hydrogens (tertiary/aromatic N) is 1. The van der Waals surface area contributed by atoms with Crippen molar-refractivity contribution in [3.63, 3.8) is 0 Å². The largest absolute Gasteiger partial charge is 0.508 e. The van der Waals surface area contributed by atoms with E-state index in [2.05, 4.69) is 29.0 Å². The number of aromatic hydroxyl groups is 1. The molecule has 0 fully saturated rings. The summed E-state index contributed by atoms with van der Waals surface area (Å²) in [6.07, 6.45) is 19.4. The molecule has 0 bridgehead atoms. The second-order valence-corrected chi connectivity index (χ2v) is 9.20. The average molecular weight is 460 g/mol. The summed E-state index contributed by atoms with van der Waals surface area (Å²) in [6, 6.07) is 9.33. The number of phenolic OH excluding ortho intramolecular Hbond substituents is 1. The molecule has 1 aliphatic heterocycles. The van der Waals surface area contributed by atoms with Gasteiger partial charge >= 0.3 is 0 Å². The van der Waals surface area contributed by atoms with Gasteiger partial charge in [0.2, 0.25) is 0 Å². The summed E-state index contributed by atoms with van der Waals surface area (Å²) in [4.78, 5) is 11.7. The molecule has 180 valence electrons. The van der Waals surface area contributed by atoms with Crippen molar-refractivity contribution in [3.8, 4) is 22.9 Å². The quantitative estimate of drug-likeness (QED) is 0.226. The summed E-state index contributed by atoms with van der Waals surface area (Å²) in [5, 5.41) is 10.7. The van der Waals surface area contributed by atoms with Gasteiger partial charge in [-0.2, -0.15) is 0 Å².